The highest BCUT2D eigenvalue weighted by atomic mass is 32.1. The van der Waals surface area contributed by atoms with Crippen LogP contribution in [0.3, 0.4) is 0 Å². The third-order valence-corrected chi connectivity index (χ3v) is 7.26. The summed E-state index contributed by atoms with van der Waals surface area (Å²) in [5.74, 6) is -0.862. The van der Waals surface area contributed by atoms with Gasteiger partial charge in [-0.1, -0.05) is 66.9 Å². The minimum absolute atomic E-state index is 0.114. The van der Waals surface area contributed by atoms with Crippen molar-refractivity contribution in [1.29, 1.82) is 0 Å². The SMILES string of the molecule is Cc1ccc([C@@H](C(=O)NC2CCCC2)N(C(=O)CNC(=O)c2cccs2)c2ccccc2C)cc1. The molecule has 3 amide bonds. The predicted octanol–water partition coefficient (Wildman–Crippen LogP) is 4.93. The third-order valence-electron chi connectivity index (χ3n) is 6.39. The maximum atomic E-state index is 13.7. The lowest BCUT2D eigenvalue weighted by molar-refractivity contribution is -0.126. The number of amides is 3. The van der Waals surface area contributed by atoms with E-state index < -0.39 is 6.04 Å². The maximum Gasteiger partial charge on any atom is 0.261 e. The van der Waals surface area contributed by atoms with Gasteiger partial charge in [0.2, 0.25) is 11.8 Å². The summed E-state index contributed by atoms with van der Waals surface area (Å²) in [5, 5.41) is 7.73. The molecular formula is C28H31N3O3S. The summed E-state index contributed by atoms with van der Waals surface area (Å²) in [6.07, 6.45) is 4.08. The van der Waals surface area contributed by atoms with Crippen LogP contribution in [0, 0.1) is 13.8 Å². The molecule has 1 atom stereocenters. The number of benzene rings is 2. The van der Waals surface area contributed by atoms with E-state index in [1.54, 1.807) is 17.0 Å². The summed E-state index contributed by atoms with van der Waals surface area (Å²) in [6.45, 7) is 3.69. The molecule has 0 spiro atoms. The van der Waals surface area contributed by atoms with Gasteiger partial charge in [0.25, 0.3) is 5.91 Å². The fourth-order valence-corrected chi connectivity index (χ4v) is 5.14. The molecule has 1 heterocycles. The molecule has 0 saturated heterocycles. The molecule has 182 valence electrons. The number of rotatable bonds is 8. The lowest BCUT2D eigenvalue weighted by atomic mass is 10.00. The van der Waals surface area contributed by atoms with E-state index in [4.69, 9.17) is 0 Å². The summed E-state index contributed by atoms with van der Waals surface area (Å²) in [4.78, 5) is 42.1. The second kappa shape index (κ2) is 11.3. The van der Waals surface area contributed by atoms with Crippen molar-refractivity contribution in [2.24, 2.45) is 0 Å². The summed E-state index contributed by atoms with van der Waals surface area (Å²) >= 11 is 1.32. The lowest BCUT2D eigenvalue weighted by Gasteiger charge is -2.33. The van der Waals surface area contributed by atoms with Gasteiger partial charge < -0.3 is 10.6 Å². The molecule has 3 aromatic rings. The number of carbonyl (C=O) groups is 3. The van der Waals surface area contributed by atoms with E-state index in [1.807, 2.05) is 67.8 Å². The number of aryl methyl sites for hydroxylation is 2. The van der Waals surface area contributed by atoms with Gasteiger partial charge in [-0.05, 0) is 55.3 Å². The Morgan fingerprint density at radius 1 is 0.971 bits per heavy atom. The van der Waals surface area contributed by atoms with E-state index in [2.05, 4.69) is 10.6 Å². The van der Waals surface area contributed by atoms with Crippen molar-refractivity contribution in [1.82, 2.24) is 10.6 Å². The molecule has 1 aliphatic rings. The zero-order valence-corrected chi connectivity index (χ0v) is 20.9. The highest BCUT2D eigenvalue weighted by Crippen LogP contribution is 2.31. The minimum Gasteiger partial charge on any atom is -0.351 e. The Bertz CT molecular complexity index is 1170. The first kappa shape index (κ1) is 24.7. The van der Waals surface area contributed by atoms with Crippen LogP contribution in [0.5, 0.6) is 0 Å². The Labute approximate surface area is 210 Å². The maximum absolute atomic E-state index is 13.7. The van der Waals surface area contributed by atoms with Crippen LogP contribution < -0.4 is 15.5 Å². The smallest absolute Gasteiger partial charge is 0.261 e. The molecular weight excluding hydrogens is 458 g/mol. The van der Waals surface area contributed by atoms with Crippen LogP contribution in [-0.2, 0) is 9.59 Å². The van der Waals surface area contributed by atoms with Gasteiger partial charge in [0.05, 0.1) is 11.4 Å². The lowest BCUT2D eigenvalue weighted by Crippen LogP contribution is -2.49. The fraction of sp³-hybridized carbons (Fsp3) is 0.321. The number of thiophene rings is 1. The van der Waals surface area contributed by atoms with Crippen molar-refractivity contribution in [3.8, 4) is 0 Å². The van der Waals surface area contributed by atoms with Gasteiger partial charge in [0.15, 0.2) is 0 Å². The minimum atomic E-state index is -0.858. The summed E-state index contributed by atoms with van der Waals surface area (Å²) in [5.41, 5.74) is 3.32. The number of nitrogens with zero attached hydrogens (tertiary/aromatic N) is 1. The van der Waals surface area contributed by atoms with E-state index in [9.17, 15) is 14.4 Å². The Balaban J connectivity index is 1.69. The summed E-state index contributed by atoms with van der Waals surface area (Å²) < 4.78 is 0. The normalized spacial score (nSPS) is 14.3. The van der Waals surface area contributed by atoms with E-state index in [1.165, 1.54) is 11.3 Å². The summed E-state index contributed by atoms with van der Waals surface area (Å²) in [7, 11) is 0. The van der Waals surface area contributed by atoms with Gasteiger partial charge >= 0.3 is 0 Å². The van der Waals surface area contributed by atoms with Crippen molar-refractivity contribution in [2.75, 3.05) is 11.4 Å². The first-order valence-electron chi connectivity index (χ1n) is 12.0. The first-order chi connectivity index (χ1) is 16.9. The van der Waals surface area contributed by atoms with Crippen LogP contribution in [-0.4, -0.2) is 30.3 Å². The van der Waals surface area contributed by atoms with Crippen molar-refractivity contribution >= 4 is 34.7 Å². The predicted molar refractivity (Wildman–Crippen MR) is 140 cm³/mol. The molecule has 7 heteroatoms. The standard InChI is InChI=1S/C28H31N3O3S/c1-19-13-15-21(16-14-19)26(28(34)30-22-9-4-5-10-22)31(23-11-6-3-8-20(23)2)25(32)18-29-27(33)24-12-7-17-35-24/h3,6-8,11-17,22,26H,4-5,9-10,18H2,1-2H3,(H,29,33)(H,30,34)/t26-/m0/s1. The molecule has 6 nitrogen and oxygen atoms in total. The molecule has 1 saturated carbocycles. The van der Waals surface area contributed by atoms with Crippen LogP contribution >= 0.6 is 11.3 Å². The molecule has 1 fully saturated rings. The Kier molecular flexibility index (Phi) is 7.98. The van der Waals surface area contributed by atoms with Crippen molar-refractivity contribution in [3.63, 3.8) is 0 Å². The van der Waals surface area contributed by atoms with E-state index in [0.717, 1.165) is 42.4 Å². The number of nitrogens with one attached hydrogen (secondary N) is 2. The Morgan fingerprint density at radius 3 is 2.34 bits per heavy atom. The highest BCUT2D eigenvalue weighted by molar-refractivity contribution is 7.12. The second-order valence-corrected chi connectivity index (χ2v) is 9.96. The molecule has 0 radical (unpaired) electrons. The number of hydrogen-bond donors (Lipinski definition) is 2. The average molecular weight is 490 g/mol. The molecule has 0 bridgehead atoms. The van der Waals surface area contributed by atoms with Gasteiger partial charge in [-0.2, -0.15) is 0 Å². The van der Waals surface area contributed by atoms with Gasteiger partial charge in [-0.25, -0.2) is 0 Å². The highest BCUT2D eigenvalue weighted by Gasteiger charge is 2.35. The number of hydrogen-bond acceptors (Lipinski definition) is 4. The Hall–Kier alpha value is -3.45. The monoisotopic (exact) mass is 489 g/mol. The van der Waals surface area contributed by atoms with Crippen LogP contribution in [0.15, 0.2) is 66.0 Å². The largest absolute Gasteiger partial charge is 0.351 e. The van der Waals surface area contributed by atoms with Gasteiger partial charge in [0, 0.05) is 11.7 Å². The van der Waals surface area contributed by atoms with E-state index >= 15 is 0 Å². The third kappa shape index (κ3) is 5.98. The Morgan fingerprint density at radius 2 is 1.69 bits per heavy atom. The number of carbonyl (C=O) groups excluding carboxylic acids is 3. The molecule has 0 unspecified atom stereocenters. The van der Waals surface area contributed by atoms with Crippen LogP contribution in [0.4, 0.5) is 5.69 Å². The van der Waals surface area contributed by atoms with E-state index in [0.29, 0.717) is 10.6 Å². The van der Waals surface area contributed by atoms with E-state index in [-0.39, 0.29) is 30.3 Å². The molecule has 35 heavy (non-hydrogen) atoms. The van der Waals surface area contributed by atoms with Crippen molar-refractivity contribution < 1.29 is 14.4 Å². The van der Waals surface area contributed by atoms with Crippen LogP contribution in [0.2, 0.25) is 0 Å². The molecule has 0 aliphatic heterocycles. The molecule has 2 aromatic carbocycles. The van der Waals surface area contributed by atoms with Gasteiger partial charge in [-0.15, -0.1) is 11.3 Å². The number of para-hydroxylation sites is 1. The van der Waals surface area contributed by atoms with Crippen LogP contribution in [0.25, 0.3) is 0 Å². The molecule has 1 aromatic heterocycles. The fourth-order valence-electron chi connectivity index (χ4n) is 4.50. The quantitative estimate of drug-likeness (QED) is 0.471. The van der Waals surface area contributed by atoms with Crippen molar-refractivity contribution in [2.45, 2.75) is 51.6 Å². The topological polar surface area (TPSA) is 78.5 Å². The zero-order valence-electron chi connectivity index (χ0n) is 20.1. The second-order valence-electron chi connectivity index (χ2n) is 9.01. The summed E-state index contributed by atoms with van der Waals surface area (Å²) in [6, 6.07) is 18.0. The van der Waals surface area contributed by atoms with Crippen molar-refractivity contribution in [3.05, 3.63) is 87.6 Å². The average Bonchev–Trinajstić information content (AvgIpc) is 3.57. The molecule has 4 rings (SSSR count). The number of anilines is 1. The van der Waals surface area contributed by atoms with Gasteiger partial charge in [0.1, 0.15) is 6.04 Å². The molecule has 1 aliphatic carbocycles. The molecule has 2 N–H and O–H groups in total. The van der Waals surface area contributed by atoms with Gasteiger partial charge in [-0.3, -0.25) is 19.3 Å². The van der Waals surface area contributed by atoms with Crippen LogP contribution in [0.1, 0.15) is 58.1 Å². The first-order valence-corrected chi connectivity index (χ1v) is 12.9. The zero-order chi connectivity index (χ0) is 24.8.